The van der Waals surface area contributed by atoms with Crippen LogP contribution in [-0.2, 0) is 0 Å². The van der Waals surface area contributed by atoms with Crippen LogP contribution < -0.4 is 10.0 Å². The molecule has 0 unspecified atom stereocenters. The number of benzene rings is 2. The summed E-state index contributed by atoms with van der Waals surface area (Å²) in [6, 6.07) is 17.9. The summed E-state index contributed by atoms with van der Waals surface area (Å²) in [6.07, 6.45) is 1.29. The van der Waals surface area contributed by atoms with E-state index in [1.807, 2.05) is 30.3 Å². The fourth-order valence-corrected chi connectivity index (χ4v) is 2.60. The van der Waals surface area contributed by atoms with Gasteiger partial charge in [-0.1, -0.05) is 18.2 Å². The Labute approximate surface area is 131 Å². The largest absolute Gasteiger partial charge is 0.618 e. The predicted molar refractivity (Wildman–Crippen MR) is 87.1 cm³/mol. The van der Waals surface area contributed by atoms with Crippen molar-refractivity contribution < 1.29 is 13.9 Å². The van der Waals surface area contributed by atoms with Crippen molar-refractivity contribution in [3.63, 3.8) is 0 Å². The summed E-state index contributed by atoms with van der Waals surface area (Å²) in [4.78, 5) is 12.2. The number of rotatable bonds is 2. The van der Waals surface area contributed by atoms with Crippen molar-refractivity contribution in [2.24, 2.45) is 0 Å². The van der Waals surface area contributed by atoms with E-state index in [-0.39, 0.29) is 5.69 Å². The molecule has 2 aromatic heterocycles. The number of nitrogens with zero attached hydrogens (tertiary/aromatic N) is 1. The van der Waals surface area contributed by atoms with Gasteiger partial charge in [-0.25, -0.2) is 0 Å². The van der Waals surface area contributed by atoms with E-state index >= 15 is 0 Å². The number of carbonyl (C=O) groups is 1. The standard InChI is InChI=1S/C18H12N2O3/c21-18(15-6-3-4-10-20(15)22)19-12-8-9-14-13-5-1-2-7-16(13)23-17(14)11-12/h1-11H,(H,19,21). The number of para-hydroxylation sites is 1. The van der Waals surface area contributed by atoms with Gasteiger partial charge in [0.05, 0.1) is 0 Å². The smallest absolute Gasteiger partial charge is 0.321 e. The Hall–Kier alpha value is -3.34. The van der Waals surface area contributed by atoms with Gasteiger partial charge in [-0.05, 0) is 24.3 Å². The molecule has 0 saturated heterocycles. The minimum absolute atomic E-state index is 0.0391. The Morgan fingerprint density at radius 2 is 1.74 bits per heavy atom. The van der Waals surface area contributed by atoms with Crippen molar-refractivity contribution in [1.29, 1.82) is 0 Å². The van der Waals surface area contributed by atoms with Crippen LogP contribution in [0.15, 0.2) is 71.3 Å². The molecule has 0 aliphatic heterocycles. The molecule has 4 rings (SSSR count). The van der Waals surface area contributed by atoms with E-state index in [1.165, 1.54) is 12.3 Å². The van der Waals surface area contributed by atoms with Gasteiger partial charge in [0.25, 0.3) is 5.69 Å². The second-order valence-electron chi connectivity index (χ2n) is 5.17. The van der Waals surface area contributed by atoms with Crippen LogP contribution in [-0.4, -0.2) is 5.91 Å². The molecule has 5 nitrogen and oxygen atoms in total. The second-order valence-corrected chi connectivity index (χ2v) is 5.17. The Bertz CT molecular complexity index is 1040. The highest BCUT2D eigenvalue weighted by Gasteiger charge is 2.15. The van der Waals surface area contributed by atoms with Crippen molar-refractivity contribution in [1.82, 2.24) is 0 Å². The molecule has 112 valence electrons. The minimum atomic E-state index is -0.462. The van der Waals surface area contributed by atoms with E-state index in [0.29, 0.717) is 16.0 Å². The summed E-state index contributed by atoms with van der Waals surface area (Å²) in [6.45, 7) is 0. The number of hydrogen-bond donors (Lipinski definition) is 1. The lowest BCUT2D eigenvalue weighted by molar-refractivity contribution is -0.607. The number of hydrogen-bond acceptors (Lipinski definition) is 3. The van der Waals surface area contributed by atoms with Gasteiger partial charge < -0.3 is 14.9 Å². The van der Waals surface area contributed by atoms with Gasteiger partial charge in [0.15, 0.2) is 6.20 Å². The molecule has 2 heterocycles. The van der Waals surface area contributed by atoms with Crippen LogP contribution in [0.4, 0.5) is 5.69 Å². The van der Waals surface area contributed by atoms with Gasteiger partial charge in [0.2, 0.25) is 0 Å². The number of furan rings is 1. The van der Waals surface area contributed by atoms with Crippen LogP contribution in [0.3, 0.4) is 0 Å². The van der Waals surface area contributed by atoms with Crippen LogP contribution in [0.5, 0.6) is 0 Å². The highest BCUT2D eigenvalue weighted by atomic mass is 16.5. The monoisotopic (exact) mass is 304 g/mol. The molecule has 1 amide bonds. The highest BCUT2D eigenvalue weighted by molar-refractivity contribution is 6.07. The van der Waals surface area contributed by atoms with Gasteiger partial charge >= 0.3 is 5.91 Å². The first-order valence-electron chi connectivity index (χ1n) is 7.13. The maximum Gasteiger partial charge on any atom is 0.321 e. The van der Waals surface area contributed by atoms with Crippen LogP contribution >= 0.6 is 0 Å². The summed E-state index contributed by atoms with van der Waals surface area (Å²) < 4.78 is 6.32. The Kier molecular flexibility index (Phi) is 2.98. The summed E-state index contributed by atoms with van der Waals surface area (Å²) in [5.74, 6) is -0.462. The maximum atomic E-state index is 12.2. The van der Waals surface area contributed by atoms with Crippen molar-refractivity contribution in [2.75, 3.05) is 5.32 Å². The average Bonchev–Trinajstić information content (AvgIpc) is 2.92. The number of aromatic nitrogens is 1. The van der Waals surface area contributed by atoms with E-state index in [1.54, 1.807) is 24.3 Å². The third-order valence-corrected chi connectivity index (χ3v) is 3.69. The number of amides is 1. The molecule has 0 fully saturated rings. The zero-order valence-corrected chi connectivity index (χ0v) is 12.0. The Balaban J connectivity index is 1.71. The van der Waals surface area contributed by atoms with Crippen LogP contribution in [0.25, 0.3) is 21.9 Å². The number of pyridine rings is 1. The number of anilines is 1. The topological polar surface area (TPSA) is 69.2 Å². The normalized spacial score (nSPS) is 11.0. The quantitative estimate of drug-likeness (QED) is 0.455. The van der Waals surface area contributed by atoms with E-state index in [0.717, 1.165) is 16.4 Å². The Morgan fingerprint density at radius 1 is 0.957 bits per heavy atom. The SMILES string of the molecule is O=C(Nc1ccc2c(c1)oc1ccccc12)c1cccc[n+]1[O-]. The summed E-state index contributed by atoms with van der Waals surface area (Å²) in [7, 11) is 0. The molecular weight excluding hydrogens is 292 g/mol. The molecule has 1 N–H and O–H groups in total. The fourth-order valence-electron chi connectivity index (χ4n) is 2.60. The summed E-state index contributed by atoms with van der Waals surface area (Å²) in [5.41, 5.74) is 2.10. The van der Waals surface area contributed by atoms with Crippen LogP contribution in [0.2, 0.25) is 0 Å². The molecule has 0 aliphatic rings. The first-order chi connectivity index (χ1) is 11.2. The third kappa shape index (κ3) is 2.28. The average molecular weight is 304 g/mol. The fraction of sp³-hybridized carbons (Fsp3) is 0. The van der Waals surface area contributed by atoms with Gasteiger partial charge in [0.1, 0.15) is 11.2 Å². The molecule has 0 saturated carbocycles. The summed E-state index contributed by atoms with van der Waals surface area (Å²) in [5, 5.41) is 16.3. The first kappa shape index (κ1) is 13.3. The molecule has 23 heavy (non-hydrogen) atoms. The van der Waals surface area contributed by atoms with Crippen molar-refractivity contribution in [3.05, 3.63) is 77.8 Å². The molecule has 2 aromatic carbocycles. The highest BCUT2D eigenvalue weighted by Crippen LogP contribution is 2.30. The molecule has 0 radical (unpaired) electrons. The zero-order valence-electron chi connectivity index (χ0n) is 12.0. The van der Waals surface area contributed by atoms with E-state index in [4.69, 9.17) is 4.42 Å². The molecule has 0 bridgehead atoms. The Morgan fingerprint density at radius 3 is 2.61 bits per heavy atom. The van der Waals surface area contributed by atoms with Crippen molar-refractivity contribution in [3.8, 4) is 0 Å². The van der Waals surface area contributed by atoms with Gasteiger partial charge in [-0.3, -0.25) is 4.79 Å². The van der Waals surface area contributed by atoms with E-state index < -0.39 is 5.91 Å². The number of fused-ring (bicyclic) bond motifs is 3. The number of carbonyl (C=O) groups excluding carboxylic acids is 1. The third-order valence-electron chi connectivity index (χ3n) is 3.69. The molecular formula is C18H12N2O3. The van der Waals surface area contributed by atoms with Crippen molar-refractivity contribution in [2.45, 2.75) is 0 Å². The molecule has 0 aliphatic carbocycles. The van der Waals surface area contributed by atoms with Crippen molar-refractivity contribution >= 4 is 33.5 Å². The molecule has 4 aromatic rings. The zero-order chi connectivity index (χ0) is 15.8. The lowest BCUT2D eigenvalue weighted by atomic mass is 10.1. The van der Waals surface area contributed by atoms with E-state index in [2.05, 4.69) is 5.32 Å². The second kappa shape index (κ2) is 5.14. The predicted octanol–water partition coefficient (Wildman–Crippen LogP) is 3.47. The molecule has 0 atom stereocenters. The van der Waals surface area contributed by atoms with Crippen LogP contribution in [0, 0.1) is 5.21 Å². The number of nitrogens with one attached hydrogen (secondary N) is 1. The molecule has 0 spiro atoms. The van der Waals surface area contributed by atoms with E-state index in [9.17, 15) is 10.0 Å². The van der Waals surface area contributed by atoms with Gasteiger partial charge in [-0.15, -0.1) is 0 Å². The minimum Gasteiger partial charge on any atom is -0.618 e. The maximum absolute atomic E-state index is 12.2. The lowest BCUT2D eigenvalue weighted by Crippen LogP contribution is -2.36. The summed E-state index contributed by atoms with van der Waals surface area (Å²) >= 11 is 0. The van der Waals surface area contributed by atoms with Gasteiger partial charge in [-0.2, -0.15) is 4.73 Å². The molecule has 5 heteroatoms. The first-order valence-corrected chi connectivity index (χ1v) is 7.13. The lowest BCUT2D eigenvalue weighted by Gasteiger charge is -2.05. The van der Waals surface area contributed by atoms with Crippen LogP contribution in [0.1, 0.15) is 10.5 Å². The van der Waals surface area contributed by atoms with Gasteiger partial charge in [0, 0.05) is 34.7 Å².